The highest BCUT2D eigenvalue weighted by atomic mass is 16.5. The van der Waals surface area contributed by atoms with E-state index in [2.05, 4.69) is 37.8 Å². The maximum absolute atomic E-state index is 13.1. The fourth-order valence-corrected chi connectivity index (χ4v) is 3.12. The van der Waals surface area contributed by atoms with Gasteiger partial charge in [-0.25, -0.2) is 0 Å². The predicted octanol–water partition coefficient (Wildman–Crippen LogP) is 5.09. The van der Waals surface area contributed by atoms with E-state index in [0.29, 0.717) is 29.1 Å². The zero-order chi connectivity index (χ0) is 20.3. The van der Waals surface area contributed by atoms with Crippen molar-refractivity contribution < 1.29 is 9.15 Å². The van der Waals surface area contributed by atoms with Gasteiger partial charge in [0.05, 0.1) is 12.0 Å². The van der Waals surface area contributed by atoms with E-state index in [1.54, 1.807) is 6.07 Å². The van der Waals surface area contributed by atoms with Gasteiger partial charge in [0, 0.05) is 12.1 Å². The molecule has 3 aromatic rings. The first-order valence-corrected chi connectivity index (χ1v) is 9.71. The minimum Gasteiger partial charge on any atom is -0.486 e. The van der Waals surface area contributed by atoms with Gasteiger partial charge in [0.1, 0.15) is 5.58 Å². The average molecular weight is 380 g/mol. The van der Waals surface area contributed by atoms with Crippen LogP contribution in [0, 0.1) is 0 Å². The Hall–Kier alpha value is -2.59. The molecule has 0 saturated carbocycles. The second-order valence-corrected chi connectivity index (χ2v) is 8.42. The van der Waals surface area contributed by atoms with Crippen LogP contribution in [0.5, 0.6) is 5.75 Å². The molecule has 0 unspecified atom stereocenters. The highest BCUT2D eigenvalue weighted by Crippen LogP contribution is 2.32. The first kappa shape index (κ1) is 20.2. The maximum atomic E-state index is 13.1. The fraction of sp³-hybridized carbons (Fsp3) is 0.375. The van der Waals surface area contributed by atoms with Gasteiger partial charge in [-0.15, -0.1) is 0 Å². The second kappa shape index (κ2) is 8.19. The van der Waals surface area contributed by atoms with Crippen molar-refractivity contribution in [1.82, 2.24) is 4.90 Å². The highest BCUT2D eigenvalue weighted by molar-refractivity contribution is 5.81. The quantitative estimate of drug-likeness (QED) is 0.560. The average Bonchev–Trinajstić information content (AvgIpc) is 2.65. The van der Waals surface area contributed by atoms with Gasteiger partial charge in [0.15, 0.2) is 5.76 Å². The smallest absolute Gasteiger partial charge is 0.235 e. The first-order valence-electron chi connectivity index (χ1n) is 9.71. The van der Waals surface area contributed by atoms with Crippen LogP contribution in [0.25, 0.3) is 22.3 Å². The number of para-hydroxylation sites is 1. The molecule has 1 heterocycles. The Balaban J connectivity index is 2.04. The van der Waals surface area contributed by atoms with Crippen LogP contribution in [0.2, 0.25) is 0 Å². The Labute approximate surface area is 166 Å². The number of rotatable bonds is 6. The molecule has 1 aromatic heterocycles. The van der Waals surface area contributed by atoms with Crippen molar-refractivity contribution in [1.29, 1.82) is 0 Å². The van der Waals surface area contributed by atoms with E-state index in [0.717, 1.165) is 18.5 Å². The molecule has 0 spiro atoms. The molecule has 4 heteroatoms. The lowest BCUT2D eigenvalue weighted by atomic mass is 9.86. The molecule has 2 aromatic carbocycles. The van der Waals surface area contributed by atoms with Crippen molar-refractivity contribution >= 4 is 11.0 Å². The van der Waals surface area contributed by atoms with E-state index in [1.807, 2.05) is 44.4 Å². The molecule has 0 N–H and O–H groups in total. The molecule has 0 radical (unpaired) electrons. The van der Waals surface area contributed by atoms with Crippen LogP contribution < -0.4 is 10.2 Å². The van der Waals surface area contributed by atoms with Crippen LogP contribution in [-0.4, -0.2) is 32.1 Å². The molecule has 0 fully saturated rings. The lowest BCUT2D eigenvalue weighted by molar-refractivity contribution is 0.276. The third kappa shape index (κ3) is 4.45. The van der Waals surface area contributed by atoms with E-state index >= 15 is 0 Å². The molecule has 0 aliphatic heterocycles. The lowest BCUT2D eigenvalue weighted by Crippen LogP contribution is -2.17. The summed E-state index contributed by atoms with van der Waals surface area (Å²) in [7, 11) is 4.04. The summed E-state index contributed by atoms with van der Waals surface area (Å²) in [6.45, 7) is 7.90. The van der Waals surface area contributed by atoms with Gasteiger partial charge in [-0.3, -0.25) is 4.79 Å². The molecule has 4 nitrogen and oxygen atoms in total. The Bertz CT molecular complexity index is 995. The summed E-state index contributed by atoms with van der Waals surface area (Å²) in [6.07, 6.45) is 0.835. The number of hydrogen-bond acceptors (Lipinski definition) is 4. The van der Waals surface area contributed by atoms with Gasteiger partial charge in [0.2, 0.25) is 11.2 Å². The summed E-state index contributed by atoms with van der Waals surface area (Å²) in [5.74, 6) is 0.787. The van der Waals surface area contributed by atoms with Crippen LogP contribution >= 0.6 is 0 Å². The zero-order valence-electron chi connectivity index (χ0n) is 17.4. The first-order chi connectivity index (χ1) is 13.3. The van der Waals surface area contributed by atoms with E-state index in [4.69, 9.17) is 9.15 Å². The third-order valence-electron chi connectivity index (χ3n) is 4.77. The molecular weight excluding hydrogens is 350 g/mol. The molecule has 3 rings (SSSR count). The summed E-state index contributed by atoms with van der Waals surface area (Å²) in [5.41, 5.74) is 2.59. The standard InChI is InChI=1S/C24H29NO3/c1-24(2,3)18-13-11-17(12-14-18)22-23(27-16-8-15-25(4)5)21(26)19-9-6-7-10-20(19)28-22/h6-7,9-14H,8,15-16H2,1-5H3. The Morgan fingerprint density at radius 3 is 2.32 bits per heavy atom. The normalized spacial score (nSPS) is 11.9. The minimum atomic E-state index is -0.124. The molecular formula is C24H29NO3. The van der Waals surface area contributed by atoms with Crippen LogP contribution in [0.3, 0.4) is 0 Å². The number of hydrogen-bond donors (Lipinski definition) is 0. The van der Waals surface area contributed by atoms with Gasteiger partial charge >= 0.3 is 0 Å². The number of benzene rings is 2. The summed E-state index contributed by atoms with van der Waals surface area (Å²) in [5, 5.41) is 0.542. The maximum Gasteiger partial charge on any atom is 0.235 e. The molecule has 0 aliphatic rings. The molecule has 0 bridgehead atoms. The summed E-state index contributed by atoms with van der Waals surface area (Å²) >= 11 is 0. The largest absolute Gasteiger partial charge is 0.486 e. The zero-order valence-corrected chi connectivity index (χ0v) is 17.4. The third-order valence-corrected chi connectivity index (χ3v) is 4.77. The van der Waals surface area contributed by atoms with E-state index < -0.39 is 0 Å². The van der Waals surface area contributed by atoms with Gasteiger partial charge in [-0.1, -0.05) is 57.2 Å². The summed E-state index contributed by atoms with van der Waals surface area (Å²) in [4.78, 5) is 15.2. The van der Waals surface area contributed by atoms with Crippen molar-refractivity contribution in [3.05, 3.63) is 64.3 Å². The number of ether oxygens (including phenoxy) is 1. The molecule has 0 amide bonds. The molecule has 0 saturated heterocycles. The second-order valence-electron chi connectivity index (χ2n) is 8.42. The van der Waals surface area contributed by atoms with Crippen LogP contribution in [0.4, 0.5) is 0 Å². The van der Waals surface area contributed by atoms with E-state index in [1.165, 1.54) is 5.56 Å². The molecule has 28 heavy (non-hydrogen) atoms. The fourth-order valence-electron chi connectivity index (χ4n) is 3.12. The highest BCUT2D eigenvalue weighted by Gasteiger charge is 2.19. The summed E-state index contributed by atoms with van der Waals surface area (Å²) < 4.78 is 12.1. The van der Waals surface area contributed by atoms with E-state index in [9.17, 15) is 4.79 Å². The summed E-state index contributed by atoms with van der Waals surface area (Å²) in [6, 6.07) is 15.5. The monoisotopic (exact) mass is 379 g/mol. The predicted molar refractivity (Wildman–Crippen MR) is 115 cm³/mol. The van der Waals surface area contributed by atoms with Gasteiger partial charge < -0.3 is 14.1 Å². The minimum absolute atomic E-state index is 0.0638. The van der Waals surface area contributed by atoms with Crippen molar-refractivity contribution in [2.45, 2.75) is 32.6 Å². The van der Waals surface area contributed by atoms with Crippen LogP contribution in [0.1, 0.15) is 32.8 Å². The Kier molecular flexibility index (Phi) is 5.90. The van der Waals surface area contributed by atoms with Crippen molar-refractivity contribution in [3.63, 3.8) is 0 Å². The Morgan fingerprint density at radius 1 is 1.00 bits per heavy atom. The lowest BCUT2D eigenvalue weighted by Gasteiger charge is -2.19. The Morgan fingerprint density at radius 2 is 1.68 bits per heavy atom. The molecule has 0 aliphatic carbocycles. The number of nitrogens with zero attached hydrogens (tertiary/aromatic N) is 1. The number of fused-ring (bicyclic) bond motifs is 1. The molecule has 148 valence electrons. The van der Waals surface area contributed by atoms with Gasteiger partial charge in [0.25, 0.3) is 0 Å². The van der Waals surface area contributed by atoms with Gasteiger partial charge in [-0.2, -0.15) is 0 Å². The van der Waals surface area contributed by atoms with Crippen LogP contribution in [-0.2, 0) is 5.41 Å². The van der Waals surface area contributed by atoms with Crippen molar-refractivity contribution in [3.8, 4) is 17.1 Å². The van der Waals surface area contributed by atoms with E-state index in [-0.39, 0.29) is 10.8 Å². The van der Waals surface area contributed by atoms with Crippen LogP contribution in [0.15, 0.2) is 57.7 Å². The van der Waals surface area contributed by atoms with Crippen molar-refractivity contribution in [2.24, 2.45) is 0 Å². The molecule has 0 atom stereocenters. The van der Waals surface area contributed by atoms with Crippen molar-refractivity contribution in [2.75, 3.05) is 27.2 Å². The van der Waals surface area contributed by atoms with Gasteiger partial charge in [-0.05, 0) is 43.6 Å². The topological polar surface area (TPSA) is 42.7 Å². The SMILES string of the molecule is CN(C)CCCOc1c(-c2ccc(C(C)(C)C)cc2)oc2ccccc2c1=O.